The summed E-state index contributed by atoms with van der Waals surface area (Å²) in [6.45, 7) is 1.99. The molecule has 8 heteroatoms. The van der Waals surface area contributed by atoms with Crippen LogP contribution < -0.4 is 21.7 Å². The summed E-state index contributed by atoms with van der Waals surface area (Å²) in [4.78, 5) is 39.3. The number of hydrogen-bond donors (Lipinski definition) is 5. The van der Waals surface area contributed by atoms with Gasteiger partial charge in [-0.1, -0.05) is 24.3 Å². The molecule has 4 amide bonds. The van der Waals surface area contributed by atoms with Gasteiger partial charge in [0.15, 0.2) is 0 Å². The molecule has 1 aliphatic heterocycles. The molecule has 1 saturated heterocycles. The lowest BCUT2D eigenvalue weighted by atomic mass is 9.84. The fourth-order valence-electron chi connectivity index (χ4n) is 4.18. The van der Waals surface area contributed by atoms with Crippen LogP contribution in [0.3, 0.4) is 0 Å². The van der Waals surface area contributed by atoms with Gasteiger partial charge < -0.3 is 21.4 Å². The maximum atomic E-state index is 12.5. The van der Waals surface area contributed by atoms with E-state index in [0.29, 0.717) is 18.7 Å². The number of urea groups is 1. The van der Waals surface area contributed by atoms with Crippen molar-refractivity contribution < 1.29 is 14.4 Å². The number of para-hydroxylation sites is 1. The molecular formula is C23H25N5O3. The van der Waals surface area contributed by atoms with Crippen LogP contribution >= 0.6 is 0 Å². The van der Waals surface area contributed by atoms with Crippen LogP contribution in [0.5, 0.6) is 0 Å². The summed E-state index contributed by atoms with van der Waals surface area (Å²) in [6, 6.07) is 12.3. The molecule has 1 aliphatic rings. The van der Waals surface area contributed by atoms with E-state index in [1.165, 1.54) is 6.92 Å². The third kappa shape index (κ3) is 4.29. The molecule has 0 bridgehead atoms. The van der Waals surface area contributed by atoms with E-state index in [9.17, 15) is 14.4 Å². The van der Waals surface area contributed by atoms with E-state index in [1.54, 1.807) is 0 Å². The first-order valence-electron chi connectivity index (χ1n) is 10.2. The van der Waals surface area contributed by atoms with Crippen LogP contribution in [-0.4, -0.2) is 35.4 Å². The van der Waals surface area contributed by atoms with Crippen molar-refractivity contribution in [3.8, 4) is 0 Å². The van der Waals surface area contributed by atoms with Gasteiger partial charge in [-0.3, -0.25) is 14.9 Å². The Bertz CT molecular complexity index is 1150. The second-order valence-electron chi connectivity index (χ2n) is 7.75. The lowest BCUT2D eigenvalue weighted by Crippen LogP contribution is -2.36. The molecule has 0 saturated carbocycles. The summed E-state index contributed by atoms with van der Waals surface area (Å²) >= 11 is 0. The molecule has 0 spiro atoms. The zero-order valence-electron chi connectivity index (χ0n) is 17.2. The summed E-state index contributed by atoms with van der Waals surface area (Å²) in [5.41, 5.74) is 10.3. The van der Waals surface area contributed by atoms with E-state index in [0.717, 1.165) is 34.0 Å². The van der Waals surface area contributed by atoms with Crippen molar-refractivity contribution in [1.29, 1.82) is 0 Å². The molecule has 6 N–H and O–H groups in total. The van der Waals surface area contributed by atoms with Crippen LogP contribution in [0.15, 0.2) is 48.7 Å². The smallest absolute Gasteiger partial charge is 0.322 e. The predicted molar refractivity (Wildman–Crippen MR) is 119 cm³/mol. The first kappa shape index (κ1) is 20.6. The topological polar surface area (TPSA) is 129 Å². The first-order chi connectivity index (χ1) is 15.0. The molecule has 1 aromatic heterocycles. The van der Waals surface area contributed by atoms with Gasteiger partial charge in [-0.05, 0) is 54.3 Å². The third-order valence-electron chi connectivity index (χ3n) is 5.61. The molecule has 3 aromatic rings. The normalized spacial score (nSPS) is 16.8. The molecule has 2 unspecified atom stereocenters. The first-order valence-corrected chi connectivity index (χ1v) is 10.2. The van der Waals surface area contributed by atoms with Crippen LogP contribution in [0.4, 0.5) is 10.5 Å². The fourth-order valence-corrected chi connectivity index (χ4v) is 4.18. The summed E-state index contributed by atoms with van der Waals surface area (Å²) in [6.07, 6.45) is 3.14. The molecule has 2 heterocycles. The number of carbonyl (C=O) groups excluding carboxylic acids is 3. The van der Waals surface area contributed by atoms with Gasteiger partial charge in [-0.15, -0.1) is 0 Å². The van der Waals surface area contributed by atoms with E-state index in [2.05, 4.69) is 27.0 Å². The molecule has 1 fully saturated rings. The van der Waals surface area contributed by atoms with Gasteiger partial charge in [0.05, 0.1) is 0 Å². The summed E-state index contributed by atoms with van der Waals surface area (Å²) in [5.74, 6) is -0.856. The monoisotopic (exact) mass is 419 g/mol. The molecule has 160 valence electrons. The molecule has 2 atom stereocenters. The Hall–Kier alpha value is -3.65. The molecular weight excluding hydrogens is 394 g/mol. The van der Waals surface area contributed by atoms with Crippen molar-refractivity contribution in [3.63, 3.8) is 0 Å². The lowest BCUT2D eigenvalue weighted by molar-refractivity contribution is -0.120. The Balaban J connectivity index is 1.76. The minimum Gasteiger partial charge on any atom is -0.361 e. The zero-order valence-corrected chi connectivity index (χ0v) is 17.2. The van der Waals surface area contributed by atoms with Gasteiger partial charge in [0, 0.05) is 35.6 Å². The van der Waals surface area contributed by atoms with E-state index >= 15 is 0 Å². The van der Waals surface area contributed by atoms with Gasteiger partial charge >= 0.3 is 6.03 Å². The number of amides is 4. The largest absolute Gasteiger partial charge is 0.361 e. The van der Waals surface area contributed by atoms with Crippen LogP contribution in [0.1, 0.15) is 29.5 Å². The molecule has 31 heavy (non-hydrogen) atoms. The number of aromatic nitrogens is 1. The summed E-state index contributed by atoms with van der Waals surface area (Å²) < 4.78 is 0. The number of H-pyrrole nitrogens is 1. The maximum Gasteiger partial charge on any atom is 0.322 e. The number of hydrogen-bond acceptors (Lipinski definition) is 4. The van der Waals surface area contributed by atoms with Crippen molar-refractivity contribution >= 4 is 34.4 Å². The Morgan fingerprint density at radius 2 is 1.97 bits per heavy atom. The highest BCUT2D eigenvalue weighted by atomic mass is 16.2. The quantitative estimate of drug-likeness (QED) is 0.376. The van der Waals surface area contributed by atoms with Crippen molar-refractivity contribution in [1.82, 2.24) is 15.6 Å². The molecule has 4 rings (SSSR count). The number of imide groups is 1. The second kappa shape index (κ2) is 8.61. The number of rotatable bonds is 7. The average molecular weight is 419 g/mol. The number of aromatic amines is 1. The van der Waals surface area contributed by atoms with Crippen molar-refractivity contribution in [3.05, 3.63) is 65.4 Å². The van der Waals surface area contributed by atoms with E-state index < -0.39 is 12.1 Å². The second-order valence-corrected chi connectivity index (χ2v) is 7.75. The highest BCUT2D eigenvalue weighted by Crippen LogP contribution is 2.32. The standard InChI is InChI=1S/C23H25N5O3/c1-13(29)26-19-5-3-2-4-15(19)11-18(21-22(30)28-23(31)27-21)14-6-7-20-17(10-14)16(8-9-24)12-25-20/h2-7,10,12,18,21,25H,8-9,11,24H2,1H3,(H,26,29)(H2,27,28,30,31). The maximum absolute atomic E-state index is 12.5. The van der Waals surface area contributed by atoms with Crippen molar-refractivity contribution in [2.45, 2.75) is 31.7 Å². The number of carbonyl (C=O) groups is 3. The van der Waals surface area contributed by atoms with Crippen LogP contribution in [0, 0.1) is 0 Å². The Labute approximate surface area is 179 Å². The molecule has 0 radical (unpaired) electrons. The highest BCUT2D eigenvalue weighted by molar-refractivity contribution is 6.04. The zero-order chi connectivity index (χ0) is 22.0. The predicted octanol–water partition coefficient (Wildman–Crippen LogP) is 2.16. The number of nitrogens with two attached hydrogens (primary N) is 1. The molecule has 0 aliphatic carbocycles. The lowest BCUT2D eigenvalue weighted by Gasteiger charge is -2.24. The molecule has 2 aromatic carbocycles. The summed E-state index contributed by atoms with van der Waals surface area (Å²) in [7, 11) is 0. The minimum atomic E-state index is -0.716. The fraction of sp³-hybridized carbons (Fsp3) is 0.261. The number of fused-ring (bicyclic) bond motifs is 1. The Morgan fingerprint density at radius 1 is 1.16 bits per heavy atom. The minimum absolute atomic E-state index is 0.170. The van der Waals surface area contributed by atoms with E-state index in [-0.39, 0.29) is 17.7 Å². The number of benzene rings is 2. The number of nitrogens with one attached hydrogen (secondary N) is 4. The van der Waals surface area contributed by atoms with Crippen LogP contribution in [0.2, 0.25) is 0 Å². The average Bonchev–Trinajstić information content (AvgIpc) is 3.29. The van der Waals surface area contributed by atoms with Gasteiger partial charge in [-0.2, -0.15) is 0 Å². The van der Waals surface area contributed by atoms with Gasteiger partial charge in [0.2, 0.25) is 5.91 Å². The van der Waals surface area contributed by atoms with E-state index in [4.69, 9.17) is 5.73 Å². The van der Waals surface area contributed by atoms with Crippen LogP contribution in [0.25, 0.3) is 10.9 Å². The van der Waals surface area contributed by atoms with E-state index in [1.807, 2.05) is 42.6 Å². The Kier molecular flexibility index (Phi) is 5.73. The van der Waals surface area contributed by atoms with Crippen molar-refractivity contribution in [2.75, 3.05) is 11.9 Å². The van der Waals surface area contributed by atoms with Gasteiger partial charge in [0.1, 0.15) is 6.04 Å². The molecule has 8 nitrogen and oxygen atoms in total. The Morgan fingerprint density at radius 3 is 2.68 bits per heavy atom. The van der Waals surface area contributed by atoms with Crippen molar-refractivity contribution in [2.24, 2.45) is 5.73 Å². The highest BCUT2D eigenvalue weighted by Gasteiger charge is 2.37. The van der Waals surface area contributed by atoms with Crippen LogP contribution in [-0.2, 0) is 22.4 Å². The van der Waals surface area contributed by atoms with Gasteiger partial charge in [0.25, 0.3) is 5.91 Å². The van der Waals surface area contributed by atoms with Gasteiger partial charge in [-0.25, -0.2) is 4.79 Å². The SMILES string of the molecule is CC(=O)Nc1ccccc1CC(c1ccc2[nH]cc(CCN)c2c1)C1NC(=O)NC1=O. The number of anilines is 1. The third-order valence-corrected chi connectivity index (χ3v) is 5.61. The summed E-state index contributed by atoms with van der Waals surface area (Å²) in [5, 5.41) is 8.98.